The molecule has 1 heterocycles. The first-order valence-electron chi connectivity index (χ1n) is 9.98. The zero-order valence-electron chi connectivity index (χ0n) is 14.7. The Morgan fingerprint density at radius 2 is 1.83 bits per heavy atom. The summed E-state index contributed by atoms with van der Waals surface area (Å²) in [7, 11) is 0. The fourth-order valence-corrected chi connectivity index (χ4v) is 7.48. The summed E-state index contributed by atoms with van der Waals surface area (Å²) in [6.07, 6.45) is 12.5. The smallest absolute Gasteiger partial charge is 0.306 e. The first-order chi connectivity index (χ1) is 11.5. The van der Waals surface area contributed by atoms with Gasteiger partial charge in [0.15, 0.2) is 5.78 Å². The predicted octanol–water partition coefficient (Wildman–Crippen LogP) is 4.20. The van der Waals surface area contributed by atoms with Crippen LogP contribution in [0.15, 0.2) is 11.6 Å². The zero-order chi connectivity index (χ0) is 16.5. The van der Waals surface area contributed by atoms with Gasteiger partial charge in [0.1, 0.15) is 5.60 Å². The van der Waals surface area contributed by atoms with Gasteiger partial charge in [-0.2, -0.15) is 0 Å². The Labute approximate surface area is 144 Å². The van der Waals surface area contributed by atoms with Gasteiger partial charge in [-0.1, -0.05) is 12.5 Å². The van der Waals surface area contributed by atoms with Gasteiger partial charge in [-0.25, -0.2) is 0 Å². The van der Waals surface area contributed by atoms with Crippen molar-refractivity contribution >= 4 is 11.8 Å². The summed E-state index contributed by atoms with van der Waals surface area (Å²) in [6.45, 7) is 2.43. The third-order valence-corrected chi connectivity index (χ3v) is 8.63. The average Bonchev–Trinajstić information content (AvgIpc) is 3.08. The van der Waals surface area contributed by atoms with Gasteiger partial charge in [-0.15, -0.1) is 0 Å². The Bertz CT molecular complexity index is 635. The molecule has 5 aliphatic rings. The van der Waals surface area contributed by atoms with Gasteiger partial charge < -0.3 is 4.74 Å². The lowest BCUT2D eigenvalue weighted by atomic mass is 9.50. The van der Waals surface area contributed by atoms with Gasteiger partial charge in [-0.05, 0) is 81.1 Å². The second kappa shape index (κ2) is 4.95. The molecule has 1 saturated heterocycles. The number of carbonyl (C=O) groups excluding carboxylic acids is 2. The van der Waals surface area contributed by atoms with Crippen LogP contribution in [0.3, 0.4) is 0 Å². The van der Waals surface area contributed by atoms with E-state index in [0.29, 0.717) is 24.0 Å². The molecule has 1 spiro atoms. The van der Waals surface area contributed by atoms with E-state index in [4.69, 9.17) is 4.74 Å². The van der Waals surface area contributed by atoms with Crippen LogP contribution in [-0.2, 0) is 14.3 Å². The maximum atomic E-state index is 11.9. The minimum absolute atomic E-state index is 0.0265. The van der Waals surface area contributed by atoms with Crippen molar-refractivity contribution < 1.29 is 14.3 Å². The maximum absolute atomic E-state index is 11.9. The van der Waals surface area contributed by atoms with Crippen LogP contribution in [0.1, 0.15) is 71.1 Å². The third kappa shape index (κ3) is 1.84. The summed E-state index contributed by atoms with van der Waals surface area (Å²) < 4.78 is 5.99. The monoisotopic (exact) mass is 328 g/mol. The minimum atomic E-state index is -0.154. The van der Waals surface area contributed by atoms with E-state index < -0.39 is 0 Å². The van der Waals surface area contributed by atoms with Crippen LogP contribution in [0.5, 0.6) is 0 Å². The van der Waals surface area contributed by atoms with E-state index in [-0.39, 0.29) is 17.0 Å². The van der Waals surface area contributed by atoms with Crippen molar-refractivity contribution in [2.75, 3.05) is 0 Å². The number of esters is 1. The molecule has 0 radical (unpaired) electrons. The van der Waals surface area contributed by atoms with Crippen molar-refractivity contribution in [3.8, 4) is 0 Å². The number of ether oxygens (including phenoxy) is 1. The summed E-state index contributed by atoms with van der Waals surface area (Å²) in [4.78, 5) is 23.6. The van der Waals surface area contributed by atoms with Crippen LogP contribution < -0.4 is 0 Å². The van der Waals surface area contributed by atoms with Gasteiger partial charge in [-0.3, -0.25) is 9.59 Å². The molecule has 0 aromatic rings. The minimum Gasteiger partial charge on any atom is -0.458 e. The summed E-state index contributed by atoms with van der Waals surface area (Å²) in [6, 6.07) is 0. The lowest BCUT2D eigenvalue weighted by Gasteiger charge is -2.55. The average molecular weight is 328 g/mol. The summed E-state index contributed by atoms with van der Waals surface area (Å²) in [5.41, 5.74) is 1.49. The number of ketones is 1. The predicted molar refractivity (Wildman–Crippen MR) is 90.2 cm³/mol. The topological polar surface area (TPSA) is 43.4 Å². The second-order valence-corrected chi connectivity index (χ2v) is 9.27. The summed E-state index contributed by atoms with van der Waals surface area (Å²) in [5.74, 6) is 3.29. The number of hydrogen-bond donors (Lipinski definition) is 0. The van der Waals surface area contributed by atoms with Gasteiger partial charge in [0.2, 0.25) is 0 Å². The molecule has 3 unspecified atom stereocenters. The van der Waals surface area contributed by atoms with Crippen LogP contribution in [0.25, 0.3) is 0 Å². The van der Waals surface area contributed by atoms with E-state index in [2.05, 4.69) is 6.92 Å². The fourth-order valence-electron chi connectivity index (χ4n) is 7.48. The molecular formula is C21H28O3. The molecule has 0 N–H and O–H groups in total. The first-order valence-corrected chi connectivity index (χ1v) is 9.98. The summed E-state index contributed by atoms with van der Waals surface area (Å²) in [5, 5.41) is 0. The number of rotatable bonds is 0. The molecule has 0 amide bonds. The van der Waals surface area contributed by atoms with E-state index in [1.807, 2.05) is 6.08 Å². The Morgan fingerprint density at radius 1 is 0.958 bits per heavy atom. The lowest BCUT2D eigenvalue weighted by molar-refractivity contribution is -0.166. The molecule has 0 aromatic carbocycles. The molecule has 4 aliphatic carbocycles. The zero-order valence-corrected chi connectivity index (χ0v) is 14.7. The van der Waals surface area contributed by atoms with E-state index >= 15 is 0 Å². The van der Waals surface area contributed by atoms with Gasteiger partial charge in [0, 0.05) is 18.3 Å². The standard InChI is InChI=1S/C21H28O3/c1-20-9-6-16-15-5-3-14(22)12-13(15)2-4-17(16)18(20)7-10-21(20)11-8-19(23)24-21/h12,15-18H,2-11H2,1H3/t15-,16?,17?,18?,20-,21+/m0/s1. The molecule has 4 fully saturated rings. The highest BCUT2D eigenvalue weighted by Crippen LogP contribution is 2.67. The van der Waals surface area contributed by atoms with Crippen LogP contribution in [0, 0.1) is 29.1 Å². The SMILES string of the molecule is C[C@]12CCC3C(CCC4=CC(=O)CC[C@@H]43)C1CC[C@@]21CCC(=O)O1. The largest absolute Gasteiger partial charge is 0.458 e. The van der Waals surface area contributed by atoms with Crippen molar-refractivity contribution in [2.24, 2.45) is 29.1 Å². The van der Waals surface area contributed by atoms with Crippen molar-refractivity contribution in [1.29, 1.82) is 0 Å². The molecule has 3 saturated carbocycles. The highest BCUT2D eigenvalue weighted by atomic mass is 16.6. The number of fused-ring (bicyclic) bond motifs is 6. The molecule has 130 valence electrons. The molecule has 3 heteroatoms. The molecule has 24 heavy (non-hydrogen) atoms. The Balaban J connectivity index is 1.45. The quantitative estimate of drug-likeness (QED) is 0.626. The highest BCUT2D eigenvalue weighted by Gasteiger charge is 2.65. The number of allylic oxidation sites excluding steroid dienone is 1. The van der Waals surface area contributed by atoms with Gasteiger partial charge >= 0.3 is 5.97 Å². The highest BCUT2D eigenvalue weighted by molar-refractivity contribution is 5.91. The van der Waals surface area contributed by atoms with Crippen molar-refractivity contribution in [3.63, 3.8) is 0 Å². The molecule has 5 rings (SSSR count). The molecular weight excluding hydrogens is 300 g/mol. The molecule has 6 atom stereocenters. The fraction of sp³-hybridized carbons (Fsp3) is 0.810. The normalized spacial score (nSPS) is 50.1. The number of hydrogen-bond acceptors (Lipinski definition) is 3. The first kappa shape index (κ1) is 15.2. The van der Waals surface area contributed by atoms with Crippen LogP contribution in [-0.4, -0.2) is 17.4 Å². The van der Waals surface area contributed by atoms with E-state index in [1.54, 1.807) is 0 Å². The molecule has 0 bridgehead atoms. The molecule has 3 nitrogen and oxygen atoms in total. The van der Waals surface area contributed by atoms with Crippen molar-refractivity contribution in [3.05, 3.63) is 11.6 Å². The Kier molecular flexibility index (Phi) is 3.13. The van der Waals surface area contributed by atoms with Crippen LogP contribution >= 0.6 is 0 Å². The lowest BCUT2D eigenvalue weighted by Crippen LogP contribution is -2.52. The third-order valence-electron chi connectivity index (χ3n) is 8.63. The maximum Gasteiger partial charge on any atom is 0.306 e. The van der Waals surface area contributed by atoms with Crippen LogP contribution in [0.4, 0.5) is 0 Å². The van der Waals surface area contributed by atoms with E-state index in [1.165, 1.54) is 31.3 Å². The molecule has 1 aliphatic heterocycles. The second-order valence-electron chi connectivity index (χ2n) is 9.27. The summed E-state index contributed by atoms with van der Waals surface area (Å²) >= 11 is 0. The van der Waals surface area contributed by atoms with E-state index in [0.717, 1.165) is 43.9 Å². The van der Waals surface area contributed by atoms with Crippen molar-refractivity contribution in [2.45, 2.75) is 76.7 Å². The Morgan fingerprint density at radius 3 is 2.62 bits per heavy atom. The van der Waals surface area contributed by atoms with Gasteiger partial charge in [0.25, 0.3) is 0 Å². The van der Waals surface area contributed by atoms with E-state index in [9.17, 15) is 9.59 Å². The van der Waals surface area contributed by atoms with Crippen molar-refractivity contribution in [1.82, 2.24) is 0 Å². The Hall–Kier alpha value is -1.12. The molecule has 0 aromatic heterocycles. The number of carbonyl (C=O) groups is 2. The van der Waals surface area contributed by atoms with Gasteiger partial charge in [0.05, 0.1) is 0 Å². The van der Waals surface area contributed by atoms with Crippen LogP contribution in [0.2, 0.25) is 0 Å².